The van der Waals surface area contributed by atoms with Crippen molar-refractivity contribution >= 4 is 17.8 Å². The molecule has 1 aliphatic carbocycles. The Morgan fingerprint density at radius 2 is 1.59 bits per heavy atom. The van der Waals surface area contributed by atoms with Crippen molar-refractivity contribution in [3.63, 3.8) is 0 Å². The number of hydrogen-bond acceptors (Lipinski definition) is 5. The molecule has 0 atom stereocenters. The lowest BCUT2D eigenvalue weighted by atomic mass is 10.1. The van der Waals surface area contributed by atoms with Crippen LogP contribution in [0.15, 0.2) is 18.3 Å². The Morgan fingerprint density at radius 1 is 0.938 bits per heavy atom. The van der Waals surface area contributed by atoms with Crippen LogP contribution in [-0.4, -0.2) is 84.6 Å². The van der Waals surface area contributed by atoms with Crippen LogP contribution >= 0.6 is 0 Å². The Morgan fingerprint density at radius 3 is 2.16 bits per heavy atom. The number of carbonyl (C=O) groups is 2. The molecule has 1 aromatic rings. The molecule has 0 radical (unpaired) electrons. The van der Waals surface area contributed by atoms with E-state index in [1.165, 1.54) is 6.07 Å². The van der Waals surface area contributed by atoms with Crippen LogP contribution in [0.3, 0.4) is 0 Å². The lowest BCUT2D eigenvalue weighted by Crippen LogP contribution is -2.55. The highest BCUT2D eigenvalue weighted by Gasteiger charge is 2.31. The number of anilines is 1. The van der Waals surface area contributed by atoms with E-state index >= 15 is 0 Å². The molecule has 3 heterocycles. The zero-order valence-corrected chi connectivity index (χ0v) is 17.9. The van der Waals surface area contributed by atoms with Crippen LogP contribution in [0.4, 0.5) is 23.8 Å². The van der Waals surface area contributed by atoms with Gasteiger partial charge in [0.05, 0.1) is 12.1 Å². The third-order valence-electron chi connectivity index (χ3n) is 6.19. The Labute approximate surface area is 185 Å². The molecule has 4 rings (SSSR count). The summed E-state index contributed by atoms with van der Waals surface area (Å²) in [5.74, 6) is 0.573. The van der Waals surface area contributed by atoms with Crippen molar-refractivity contribution < 1.29 is 22.8 Å². The maximum Gasteiger partial charge on any atom is 0.417 e. The number of urea groups is 1. The zero-order valence-electron chi connectivity index (χ0n) is 17.9. The van der Waals surface area contributed by atoms with Gasteiger partial charge in [0.25, 0.3) is 0 Å². The molecule has 1 saturated carbocycles. The number of hydrogen-bond donors (Lipinski definition) is 2. The molecule has 0 spiro atoms. The van der Waals surface area contributed by atoms with Crippen LogP contribution < -0.4 is 15.5 Å². The van der Waals surface area contributed by atoms with Crippen molar-refractivity contribution in [1.82, 2.24) is 25.4 Å². The highest BCUT2D eigenvalue weighted by molar-refractivity contribution is 5.78. The fourth-order valence-corrected chi connectivity index (χ4v) is 4.07. The van der Waals surface area contributed by atoms with Crippen LogP contribution in [0.5, 0.6) is 0 Å². The van der Waals surface area contributed by atoms with E-state index in [-0.39, 0.29) is 18.0 Å². The minimum atomic E-state index is -4.39. The van der Waals surface area contributed by atoms with Gasteiger partial charge in [-0.1, -0.05) is 0 Å². The van der Waals surface area contributed by atoms with Crippen molar-refractivity contribution in [1.29, 1.82) is 0 Å². The average molecular weight is 454 g/mol. The zero-order chi connectivity index (χ0) is 22.7. The first kappa shape index (κ1) is 22.6. The van der Waals surface area contributed by atoms with Gasteiger partial charge in [-0.25, -0.2) is 9.78 Å². The SMILES string of the molecule is O=C(CN1CCN(C(=O)NC2CCN(c3ccc(C(F)(F)F)cn3)CC2)CC1)NC1CC1. The number of nitrogens with zero attached hydrogens (tertiary/aromatic N) is 4. The van der Waals surface area contributed by atoms with Crippen LogP contribution in [-0.2, 0) is 11.0 Å². The fraction of sp³-hybridized carbons (Fsp3) is 0.667. The first-order chi connectivity index (χ1) is 15.3. The first-order valence-corrected chi connectivity index (χ1v) is 11.1. The summed E-state index contributed by atoms with van der Waals surface area (Å²) in [5.41, 5.74) is -0.757. The summed E-state index contributed by atoms with van der Waals surface area (Å²) in [4.78, 5) is 34.3. The number of pyridine rings is 1. The molecule has 0 bridgehead atoms. The van der Waals surface area contributed by atoms with E-state index in [0.717, 1.165) is 25.1 Å². The van der Waals surface area contributed by atoms with Crippen LogP contribution in [0.1, 0.15) is 31.2 Å². The largest absolute Gasteiger partial charge is 0.417 e. The molecular weight excluding hydrogens is 425 g/mol. The fourth-order valence-electron chi connectivity index (χ4n) is 4.07. The number of nitrogens with one attached hydrogen (secondary N) is 2. The quantitative estimate of drug-likeness (QED) is 0.708. The predicted octanol–water partition coefficient (Wildman–Crippen LogP) is 1.68. The van der Waals surface area contributed by atoms with E-state index in [1.807, 2.05) is 4.90 Å². The molecule has 8 nitrogen and oxygen atoms in total. The number of amides is 3. The van der Waals surface area contributed by atoms with Gasteiger partial charge in [-0.3, -0.25) is 9.69 Å². The predicted molar refractivity (Wildman–Crippen MR) is 112 cm³/mol. The summed E-state index contributed by atoms with van der Waals surface area (Å²) in [6, 6.07) is 2.72. The Balaban J connectivity index is 1.17. The Hall–Kier alpha value is -2.56. The average Bonchev–Trinajstić information content (AvgIpc) is 3.58. The highest BCUT2D eigenvalue weighted by atomic mass is 19.4. The summed E-state index contributed by atoms with van der Waals surface area (Å²) in [5, 5.41) is 6.05. The second kappa shape index (κ2) is 9.51. The van der Waals surface area contributed by atoms with E-state index in [0.29, 0.717) is 70.5 Å². The van der Waals surface area contributed by atoms with Crippen molar-refractivity contribution in [2.45, 2.75) is 43.9 Å². The maximum absolute atomic E-state index is 12.7. The third kappa shape index (κ3) is 6.02. The molecular formula is C21H29F3N6O2. The normalized spacial score (nSPS) is 20.8. The summed E-state index contributed by atoms with van der Waals surface area (Å²) >= 11 is 0. The van der Waals surface area contributed by atoms with Gasteiger partial charge in [-0.15, -0.1) is 0 Å². The van der Waals surface area contributed by atoms with Gasteiger partial charge in [-0.2, -0.15) is 13.2 Å². The van der Waals surface area contributed by atoms with Gasteiger partial charge in [0.15, 0.2) is 0 Å². The maximum atomic E-state index is 12.7. The van der Waals surface area contributed by atoms with Gasteiger partial charge >= 0.3 is 12.2 Å². The molecule has 2 N–H and O–H groups in total. The third-order valence-corrected chi connectivity index (χ3v) is 6.19. The second-order valence-electron chi connectivity index (χ2n) is 8.72. The van der Waals surface area contributed by atoms with Crippen molar-refractivity contribution in [2.24, 2.45) is 0 Å². The topological polar surface area (TPSA) is 80.8 Å². The summed E-state index contributed by atoms with van der Waals surface area (Å²) in [6.45, 7) is 4.11. The molecule has 0 aromatic carbocycles. The summed E-state index contributed by atoms with van der Waals surface area (Å²) in [6.07, 6.45) is 0.0140. The van der Waals surface area contributed by atoms with Crippen LogP contribution in [0.25, 0.3) is 0 Å². The molecule has 1 aromatic heterocycles. The molecule has 3 aliphatic rings. The van der Waals surface area contributed by atoms with E-state index < -0.39 is 11.7 Å². The van der Waals surface area contributed by atoms with E-state index in [2.05, 4.69) is 20.5 Å². The van der Waals surface area contributed by atoms with Crippen molar-refractivity contribution in [3.8, 4) is 0 Å². The van der Waals surface area contributed by atoms with Gasteiger partial charge in [0.1, 0.15) is 5.82 Å². The number of piperidine rings is 1. The molecule has 11 heteroatoms. The monoisotopic (exact) mass is 454 g/mol. The lowest BCUT2D eigenvalue weighted by molar-refractivity contribution is -0.137. The number of carbonyl (C=O) groups excluding carboxylic acids is 2. The van der Waals surface area contributed by atoms with Gasteiger partial charge < -0.3 is 20.4 Å². The number of halogens is 3. The molecule has 176 valence electrons. The molecule has 0 unspecified atom stereocenters. The van der Waals surface area contributed by atoms with E-state index in [4.69, 9.17) is 0 Å². The van der Waals surface area contributed by atoms with E-state index in [9.17, 15) is 22.8 Å². The van der Waals surface area contributed by atoms with Crippen LogP contribution in [0.2, 0.25) is 0 Å². The molecule has 2 saturated heterocycles. The number of piperazine rings is 1. The number of rotatable bonds is 5. The van der Waals surface area contributed by atoms with Gasteiger partial charge in [-0.05, 0) is 37.8 Å². The van der Waals surface area contributed by atoms with Gasteiger partial charge in [0.2, 0.25) is 5.91 Å². The molecule has 2 aliphatic heterocycles. The minimum absolute atomic E-state index is 0.0237. The summed E-state index contributed by atoms with van der Waals surface area (Å²) in [7, 11) is 0. The highest BCUT2D eigenvalue weighted by Crippen LogP contribution is 2.29. The Kier molecular flexibility index (Phi) is 6.73. The summed E-state index contributed by atoms with van der Waals surface area (Å²) < 4.78 is 38.1. The standard InChI is InChI=1S/C21H29F3N6O2/c22-21(23,24)15-1-4-18(25-13-15)29-7-5-17(6-8-29)27-20(32)30-11-9-28(10-12-30)14-19(31)26-16-2-3-16/h1,4,13,16-17H,2-3,5-12,14H2,(H,26,31)(H,27,32). The molecule has 3 fully saturated rings. The smallest absolute Gasteiger partial charge is 0.356 e. The van der Waals surface area contributed by atoms with Crippen LogP contribution in [0, 0.1) is 0 Å². The molecule has 3 amide bonds. The Bertz CT molecular complexity index is 799. The van der Waals surface area contributed by atoms with Crippen molar-refractivity contribution in [2.75, 3.05) is 50.7 Å². The number of aromatic nitrogens is 1. The minimum Gasteiger partial charge on any atom is -0.356 e. The first-order valence-electron chi connectivity index (χ1n) is 11.1. The van der Waals surface area contributed by atoms with Crippen molar-refractivity contribution in [3.05, 3.63) is 23.9 Å². The lowest BCUT2D eigenvalue weighted by Gasteiger charge is -2.37. The van der Waals surface area contributed by atoms with Gasteiger partial charge in [0, 0.05) is 57.5 Å². The second-order valence-corrected chi connectivity index (χ2v) is 8.72. The van der Waals surface area contributed by atoms with E-state index in [1.54, 1.807) is 4.90 Å². The number of alkyl halides is 3. The molecule has 32 heavy (non-hydrogen) atoms.